The van der Waals surface area contributed by atoms with Crippen LogP contribution < -0.4 is 5.73 Å². The quantitative estimate of drug-likeness (QED) is 0.882. The summed E-state index contributed by atoms with van der Waals surface area (Å²) in [4.78, 5) is 2.31. The monoisotopic (exact) mass is 256 g/mol. The van der Waals surface area contributed by atoms with E-state index in [0.29, 0.717) is 5.92 Å². The van der Waals surface area contributed by atoms with Crippen molar-refractivity contribution in [2.45, 2.75) is 25.9 Å². The molecule has 2 atom stereocenters. The van der Waals surface area contributed by atoms with Crippen molar-refractivity contribution in [1.82, 2.24) is 4.90 Å². The van der Waals surface area contributed by atoms with Gasteiger partial charge in [0.2, 0.25) is 0 Å². The molecule has 0 radical (unpaired) electrons. The molecule has 17 heavy (non-hydrogen) atoms. The Hall–Kier alpha value is -0.640. The van der Waals surface area contributed by atoms with E-state index in [1.165, 1.54) is 6.07 Å². The van der Waals surface area contributed by atoms with Crippen molar-refractivity contribution in [3.8, 4) is 0 Å². The van der Waals surface area contributed by atoms with Gasteiger partial charge in [0.1, 0.15) is 5.82 Å². The van der Waals surface area contributed by atoms with Gasteiger partial charge in [-0.15, -0.1) is 0 Å². The number of benzene rings is 1. The van der Waals surface area contributed by atoms with Gasteiger partial charge in [0.05, 0.1) is 5.02 Å². The standard InChI is InChI=1S/C13H18ClFN2/c1-9-4-11(16)8-17(6-9)7-10-2-3-13(15)12(14)5-10/h2-3,5,9,11H,4,6-8,16H2,1H3. The van der Waals surface area contributed by atoms with E-state index in [0.717, 1.165) is 31.6 Å². The van der Waals surface area contributed by atoms with Gasteiger partial charge in [-0.2, -0.15) is 0 Å². The summed E-state index contributed by atoms with van der Waals surface area (Å²) in [7, 11) is 0. The van der Waals surface area contributed by atoms with E-state index in [2.05, 4.69) is 11.8 Å². The summed E-state index contributed by atoms with van der Waals surface area (Å²) in [6.45, 7) is 4.95. The molecule has 4 heteroatoms. The van der Waals surface area contributed by atoms with Gasteiger partial charge in [-0.3, -0.25) is 4.90 Å². The molecular formula is C13H18ClFN2. The molecule has 1 saturated heterocycles. The first-order chi connectivity index (χ1) is 8.04. The molecule has 1 heterocycles. The Bertz CT molecular complexity index is 387. The Morgan fingerprint density at radius 3 is 2.88 bits per heavy atom. The predicted molar refractivity (Wildman–Crippen MR) is 68.4 cm³/mol. The summed E-state index contributed by atoms with van der Waals surface area (Å²) >= 11 is 5.77. The smallest absolute Gasteiger partial charge is 0.141 e. The van der Waals surface area contributed by atoms with Crippen molar-refractivity contribution in [3.63, 3.8) is 0 Å². The van der Waals surface area contributed by atoms with Crippen LogP contribution in [0.5, 0.6) is 0 Å². The minimum absolute atomic E-state index is 0.192. The molecule has 2 rings (SSSR count). The number of hydrogen-bond donors (Lipinski definition) is 1. The highest BCUT2D eigenvalue weighted by molar-refractivity contribution is 6.30. The summed E-state index contributed by atoms with van der Waals surface area (Å²) in [5, 5.41) is 0.192. The van der Waals surface area contributed by atoms with Crippen molar-refractivity contribution < 1.29 is 4.39 Å². The summed E-state index contributed by atoms with van der Waals surface area (Å²) in [6.07, 6.45) is 1.08. The zero-order valence-electron chi connectivity index (χ0n) is 10.00. The molecule has 1 fully saturated rings. The largest absolute Gasteiger partial charge is 0.327 e. The Morgan fingerprint density at radius 1 is 1.47 bits per heavy atom. The maximum absolute atomic E-state index is 13.0. The third-order valence-corrected chi connectivity index (χ3v) is 3.45. The van der Waals surface area contributed by atoms with Gasteiger partial charge in [-0.1, -0.05) is 24.6 Å². The first-order valence-corrected chi connectivity index (χ1v) is 6.34. The lowest BCUT2D eigenvalue weighted by Crippen LogP contribution is -2.45. The first-order valence-electron chi connectivity index (χ1n) is 5.96. The van der Waals surface area contributed by atoms with Gasteiger partial charge in [0, 0.05) is 25.7 Å². The van der Waals surface area contributed by atoms with E-state index in [1.54, 1.807) is 12.1 Å². The van der Waals surface area contributed by atoms with E-state index < -0.39 is 0 Å². The van der Waals surface area contributed by atoms with Crippen molar-refractivity contribution in [1.29, 1.82) is 0 Å². The number of hydrogen-bond acceptors (Lipinski definition) is 2. The zero-order chi connectivity index (χ0) is 12.4. The Balaban J connectivity index is 2.02. The van der Waals surface area contributed by atoms with Gasteiger partial charge < -0.3 is 5.73 Å². The van der Waals surface area contributed by atoms with Gasteiger partial charge in [0.25, 0.3) is 0 Å². The molecule has 0 aliphatic carbocycles. The highest BCUT2D eigenvalue weighted by Crippen LogP contribution is 2.20. The fourth-order valence-electron chi connectivity index (χ4n) is 2.54. The lowest BCUT2D eigenvalue weighted by atomic mass is 9.96. The van der Waals surface area contributed by atoms with Crippen molar-refractivity contribution in [2.24, 2.45) is 11.7 Å². The number of likely N-dealkylation sites (tertiary alicyclic amines) is 1. The van der Waals surface area contributed by atoms with Crippen molar-refractivity contribution in [2.75, 3.05) is 13.1 Å². The average molecular weight is 257 g/mol. The number of rotatable bonds is 2. The van der Waals surface area contributed by atoms with Crippen molar-refractivity contribution in [3.05, 3.63) is 34.6 Å². The highest BCUT2D eigenvalue weighted by Gasteiger charge is 2.22. The summed E-state index contributed by atoms with van der Waals surface area (Å²) in [6, 6.07) is 5.15. The van der Waals surface area contributed by atoms with Crippen LogP contribution in [0.3, 0.4) is 0 Å². The topological polar surface area (TPSA) is 29.3 Å². The first kappa shape index (κ1) is 12.8. The number of nitrogens with two attached hydrogens (primary N) is 1. The number of nitrogens with zero attached hydrogens (tertiary/aromatic N) is 1. The fraction of sp³-hybridized carbons (Fsp3) is 0.538. The van der Waals surface area contributed by atoms with Crippen LogP contribution in [0, 0.1) is 11.7 Å². The molecule has 1 aromatic carbocycles. The molecule has 0 bridgehead atoms. The van der Waals surface area contributed by atoms with E-state index in [-0.39, 0.29) is 16.9 Å². The minimum Gasteiger partial charge on any atom is -0.327 e. The highest BCUT2D eigenvalue weighted by atomic mass is 35.5. The molecule has 2 N–H and O–H groups in total. The molecule has 1 aliphatic heterocycles. The van der Waals surface area contributed by atoms with Gasteiger partial charge in [-0.05, 0) is 30.0 Å². The molecule has 94 valence electrons. The van der Waals surface area contributed by atoms with Crippen LogP contribution in [0.2, 0.25) is 5.02 Å². The number of halogens is 2. The van der Waals surface area contributed by atoms with E-state index in [1.807, 2.05) is 0 Å². The SMILES string of the molecule is CC1CC(N)CN(Cc2ccc(F)c(Cl)c2)C1. The Kier molecular flexibility index (Phi) is 4.02. The number of piperidine rings is 1. The molecule has 0 aromatic heterocycles. The average Bonchev–Trinajstić information content (AvgIpc) is 2.22. The zero-order valence-corrected chi connectivity index (χ0v) is 10.8. The van der Waals surface area contributed by atoms with Gasteiger partial charge >= 0.3 is 0 Å². The second-order valence-corrected chi connectivity index (χ2v) is 5.45. The predicted octanol–water partition coefficient (Wildman–Crippen LogP) is 2.65. The third kappa shape index (κ3) is 3.41. The molecule has 0 spiro atoms. The van der Waals surface area contributed by atoms with Crippen LogP contribution in [-0.4, -0.2) is 24.0 Å². The summed E-state index contributed by atoms with van der Waals surface area (Å²) < 4.78 is 13.0. The molecule has 1 aromatic rings. The lowest BCUT2D eigenvalue weighted by Gasteiger charge is -2.34. The minimum atomic E-state index is -0.362. The van der Waals surface area contributed by atoms with Crippen molar-refractivity contribution >= 4 is 11.6 Å². The van der Waals surface area contributed by atoms with Gasteiger partial charge in [-0.25, -0.2) is 4.39 Å². The molecule has 0 amide bonds. The van der Waals surface area contributed by atoms with Crippen LogP contribution in [0.4, 0.5) is 4.39 Å². The normalized spacial score (nSPS) is 26.1. The summed E-state index contributed by atoms with van der Waals surface area (Å²) in [5.41, 5.74) is 7.04. The van der Waals surface area contributed by atoms with Crippen LogP contribution in [0.15, 0.2) is 18.2 Å². The fourth-order valence-corrected chi connectivity index (χ4v) is 2.74. The molecule has 0 saturated carbocycles. The maximum atomic E-state index is 13.0. The Morgan fingerprint density at radius 2 is 2.24 bits per heavy atom. The summed E-state index contributed by atoms with van der Waals surface area (Å²) in [5.74, 6) is 0.258. The van der Waals surface area contributed by atoms with Crippen LogP contribution in [0.1, 0.15) is 18.9 Å². The third-order valence-electron chi connectivity index (χ3n) is 3.16. The lowest BCUT2D eigenvalue weighted by molar-refractivity contribution is 0.158. The second kappa shape index (κ2) is 5.34. The Labute approximate surface area is 107 Å². The molecule has 1 aliphatic rings. The molecule has 2 unspecified atom stereocenters. The maximum Gasteiger partial charge on any atom is 0.141 e. The van der Waals surface area contributed by atoms with Crippen LogP contribution >= 0.6 is 11.6 Å². The molecule has 2 nitrogen and oxygen atoms in total. The van der Waals surface area contributed by atoms with Gasteiger partial charge in [0.15, 0.2) is 0 Å². The van der Waals surface area contributed by atoms with Crippen LogP contribution in [-0.2, 0) is 6.54 Å². The van der Waals surface area contributed by atoms with E-state index in [4.69, 9.17) is 17.3 Å². The second-order valence-electron chi connectivity index (χ2n) is 5.04. The van der Waals surface area contributed by atoms with E-state index in [9.17, 15) is 4.39 Å². The van der Waals surface area contributed by atoms with E-state index >= 15 is 0 Å². The molecular weight excluding hydrogens is 239 g/mol. The van der Waals surface area contributed by atoms with Crippen LogP contribution in [0.25, 0.3) is 0 Å².